The van der Waals surface area contributed by atoms with E-state index in [2.05, 4.69) is 0 Å². The third-order valence-electron chi connectivity index (χ3n) is 2.30. The van der Waals surface area contributed by atoms with Gasteiger partial charge in [-0.05, 0) is 24.1 Å². The molecule has 16 heavy (non-hydrogen) atoms. The standard InChI is InChI=1S/C12H15ClO3/c1-15-8-9-6-10(13)7-12(16-2)11(9)4-3-5-14/h5-7H,3-4,8H2,1-2H3. The minimum Gasteiger partial charge on any atom is -0.496 e. The number of halogens is 1. The number of hydrogen-bond acceptors (Lipinski definition) is 3. The molecule has 0 aliphatic heterocycles. The lowest BCUT2D eigenvalue weighted by atomic mass is 10.0. The zero-order chi connectivity index (χ0) is 12.0. The van der Waals surface area contributed by atoms with Gasteiger partial charge < -0.3 is 14.3 Å². The van der Waals surface area contributed by atoms with Gasteiger partial charge in [-0.25, -0.2) is 0 Å². The van der Waals surface area contributed by atoms with E-state index in [4.69, 9.17) is 21.1 Å². The Kier molecular flexibility index (Phi) is 5.29. The molecule has 1 aromatic carbocycles. The number of carbonyl (C=O) groups is 1. The van der Waals surface area contributed by atoms with Crippen molar-refractivity contribution in [3.8, 4) is 5.75 Å². The molecule has 0 unspecified atom stereocenters. The molecular formula is C12H15ClO3. The van der Waals surface area contributed by atoms with Crippen molar-refractivity contribution in [1.82, 2.24) is 0 Å². The molecule has 0 amide bonds. The van der Waals surface area contributed by atoms with Gasteiger partial charge in [-0.2, -0.15) is 0 Å². The first-order chi connectivity index (χ1) is 7.72. The van der Waals surface area contributed by atoms with E-state index in [1.165, 1.54) is 0 Å². The zero-order valence-electron chi connectivity index (χ0n) is 9.46. The van der Waals surface area contributed by atoms with Crippen LogP contribution >= 0.6 is 11.6 Å². The molecule has 0 N–H and O–H groups in total. The van der Waals surface area contributed by atoms with Crippen molar-refractivity contribution >= 4 is 17.9 Å². The van der Waals surface area contributed by atoms with E-state index in [1.807, 2.05) is 6.07 Å². The van der Waals surface area contributed by atoms with Gasteiger partial charge in [-0.15, -0.1) is 0 Å². The number of hydrogen-bond donors (Lipinski definition) is 0. The van der Waals surface area contributed by atoms with Gasteiger partial charge in [0.2, 0.25) is 0 Å². The van der Waals surface area contributed by atoms with E-state index in [0.29, 0.717) is 30.2 Å². The maximum absolute atomic E-state index is 10.4. The summed E-state index contributed by atoms with van der Waals surface area (Å²) < 4.78 is 10.4. The highest BCUT2D eigenvalue weighted by Gasteiger charge is 2.10. The van der Waals surface area contributed by atoms with Crippen LogP contribution in [0.15, 0.2) is 12.1 Å². The van der Waals surface area contributed by atoms with Crippen molar-refractivity contribution in [2.24, 2.45) is 0 Å². The van der Waals surface area contributed by atoms with Gasteiger partial charge in [-0.3, -0.25) is 0 Å². The molecule has 0 saturated carbocycles. The lowest BCUT2D eigenvalue weighted by molar-refractivity contribution is -0.107. The summed E-state index contributed by atoms with van der Waals surface area (Å²) in [5.41, 5.74) is 1.95. The monoisotopic (exact) mass is 242 g/mol. The maximum Gasteiger partial charge on any atom is 0.123 e. The first-order valence-electron chi connectivity index (χ1n) is 5.00. The fraction of sp³-hybridized carbons (Fsp3) is 0.417. The van der Waals surface area contributed by atoms with Crippen LogP contribution in [0.4, 0.5) is 0 Å². The predicted molar refractivity (Wildman–Crippen MR) is 63.1 cm³/mol. The Balaban J connectivity index is 3.10. The van der Waals surface area contributed by atoms with Crippen LogP contribution in [0.25, 0.3) is 0 Å². The summed E-state index contributed by atoms with van der Waals surface area (Å²) in [6, 6.07) is 3.59. The Morgan fingerprint density at radius 3 is 2.69 bits per heavy atom. The van der Waals surface area contributed by atoms with Crippen molar-refractivity contribution in [3.63, 3.8) is 0 Å². The average Bonchev–Trinajstić information content (AvgIpc) is 2.27. The fourth-order valence-corrected chi connectivity index (χ4v) is 1.85. The van der Waals surface area contributed by atoms with E-state index in [0.717, 1.165) is 17.4 Å². The molecule has 0 atom stereocenters. The smallest absolute Gasteiger partial charge is 0.123 e. The molecule has 0 heterocycles. The van der Waals surface area contributed by atoms with E-state index in [9.17, 15) is 4.79 Å². The van der Waals surface area contributed by atoms with Crippen molar-refractivity contribution in [2.75, 3.05) is 14.2 Å². The van der Waals surface area contributed by atoms with Crippen molar-refractivity contribution < 1.29 is 14.3 Å². The van der Waals surface area contributed by atoms with Gasteiger partial charge in [0.15, 0.2) is 0 Å². The molecule has 0 fully saturated rings. The lowest BCUT2D eigenvalue weighted by Crippen LogP contribution is -2.00. The summed E-state index contributed by atoms with van der Waals surface area (Å²) in [6.45, 7) is 0.463. The fourth-order valence-electron chi connectivity index (χ4n) is 1.62. The second kappa shape index (κ2) is 6.51. The first kappa shape index (κ1) is 13.0. The normalized spacial score (nSPS) is 10.2. The summed E-state index contributed by atoms with van der Waals surface area (Å²) in [4.78, 5) is 10.4. The Morgan fingerprint density at radius 2 is 2.12 bits per heavy atom. The van der Waals surface area contributed by atoms with Gasteiger partial charge in [0.25, 0.3) is 0 Å². The molecule has 3 nitrogen and oxygen atoms in total. The average molecular weight is 243 g/mol. The Bertz CT molecular complexity index is 364. The number of benzene rings is 1. The van der Waals surface area contributed by atoms with Gasteiger partial charge in [0.05, 0.1) is 13.7 Å². The predicted octanol–water partition coefficient (Wildman–Crippen LogP) is 2.63. The van der Waals surface area contributed by atoms with Gasteiger partial charge in [0.1, 0.15) is 12.0 Å². The number of rotatable bonds is 6. The van der Waals surface area contributed by atoms with E-state index >= 15 is 0 Å². The minimum atomic E-state index is 0.463. The molecule has 4 heteroatoms. The molecule has 88 valence electrons. The van der Waals surface area contributed by atoms with Crippen LogP contribution in [0.2, 0.25) is 5.02 Å². The SMILES string of the molecule is COCc1cc(Cl)cc(OC)c1CCC=O. The molecule has 0 bridgehead atoms. The summed E-state index contributed by atoms with van der Waals surface area (Å²) in [6.07, 6.45) is 2.00. The van der Waals surface area contributed by atoms with Crippen LogP contribution in [-0.4, -0.2) is 20.5 Å². The van der Waals surface area contributed by atoms with Gasteiger partial charge in [-0.1, -0.05) is 11.6 Å². The van der Waals surface area contributed by atoms with Crippen LogP contribution in [-0.2, 0) is 22.6 Å². The largest absolute Gasteiger partial charge is 0.496 e. The summed E-state index contributed by atoms with van der Waals surface area (Å²) in [5.74, 6) is 0.710. The second-order valence-corrected chi connectivity index (χ2v) is 3.82. The van der Waals surface area contributed by atoms with Crippen LogP contribution in [0, 0.1) is 0 Å². The third-order valence-corrected chi connectivity index (χ3v) is 2.52. The highest BCUT2D eigenvalue weighted by atomic mass is 35.5. The third kappa shape index (κ3) is 3.22. The Labute approximate surface area is 100 Å². The molecule has 0 aliphatic rings. The zero-order valence-corrected chi connectivity index (χ0v) is 10.2. The lowest BCUT2D eigenvalue weighted by Gasteiger charge is -2.13. The molecule has 0 spiro atoms. The molecule has 0 aromatic heterocycles. The number of methoxy groups -OCH3 is 2. The molecule has 1 rings (SSSR count). The number of ether oxygens (including phenoxy) is 2. The summed E-state index contributed by atoms with van der Waals surface area (Å²) >= 11 is 5.97. The molecule has 0 aliphatic carbocycles. The summed E-state index contributed by atoms with van der Waals surface area (Å²) in [5, 5.41) is 0.610. The van der Waals surface area contributed by atoms with Crippen LogP contribution in [0.1, 0.15) is 17.5 Å². The van der Waals surface area contributed by atoms with E-state index in [-0.39, 0.29) is 0 Å². The van der Waals surface area contributed by atoms with Crippen LogP contribution in [0.3, 0.4) is 0 Å². The van der Waals surface area contributed by atoms with Crippen molar-refractivity contribution in [2.45, 2.75) is 19.4 Å². The quantitative estimate of drug-likeness (QED) is 0.720. The highest BCUT2D eigenvalue weighted by Crippen LogP contribution is 2.28. The van der Waals surface area contributed by atoms with Gasteiger partial charge >= 0.3 is 0 Å². The van der Waals surface area contributed by atoms with Crippen LogP contribution in [0.5, 0.6) is 5.75 Å². The van der Waals surface area contributed by atoms with E-state index < -0.39 is 0 Å². The number of carbonyl (C=O) groups excluding carboxylic acids is 1. The van der Waals surface area contributed by atoms with Crippen LogP contribution < -0.4 is 4.74 Å². The van der Waals surface area contributed by atoms with Crippen molar-refractivity contribution in [3.05, 3.63) is 28.3 Å². The molecule has 0 radical (unpaired) electrons. The second-order valence-electron chi connectivity index (χ2n) is 3.38. The van der Waals surface area contributed by atoms with E-state index in [1.54, 1.807) is 20.3 Å². The van der Waals surface area contributed by atoms with Crippen molar-refractivity contribution in [1.29, 1.82) is 0 Å². The Morgan fingerprint density at radius 1 is 1.38 bits per heavy atom. The first-order valence-corrected chi connectivity index (χ1v) is 5.38. The Hall–Kier alpha value is -1.06. The molecule has 1 aromatic rings. The molecule has 0 saturated heterocycles. The maximum atomic E-state index is 10.4. The number of aldehydes is 1. The van der Waals surface area contributed by atoms with Gasteiger partial charge in [0, 0.05) is 24.1 Å². The highest BCUT2D eigenvalue weighted by molar-refractivity contribution is 6.30. The topological polar surface area (TPSA) is 35.5 Å². The molecular weight excluding hydrogens is 228 g/mol. The summed E-state index contributed by atoms with van der Waals surface area (Å²) in [7, 11) is 3.21. The minimum absolute atomic E-state index is 0.463.